The summed E-state index contributed by atoms with van der Waals surface area (Å²) in [6, 6.07) is 5.20. The molecule has 0 saturated carbocycles. The predicted molar refractivity (Wildman–Crippen MR) is 100 cm³/mol. The Morgan fingerprint density at radius 3 is 2.63 bits per heavy atom. The minimum atomic E-state index is -0.557. The quantitative estimate of drug-likeness (QED) is 0.760. The predicted octanol–water partition coefficient (Wildman–Crippen LogP) is 1.57. The van der Waals surface area contributed by atoms with Crippen LogP contribution in [0.4, 0.5) is 4.79 Å². The Bertz CT molecular complexity index is 657. The number of nitrogens with zero attached hydrogens (tertiary/aromatic N) is 2. The summed E-state index contributed by atoms with van der Waals surface area (Å²) in [5, 5.41) is 5.40. The average molecular weight is 376 g/mol. The Hall–Kier alpha value is -2.64. The van der Waals surface area contributed by atoms with Crippen LogP contribution in [0.3, 0.4) is 0 Å². The van der Waals surface area contributed by atoms with E-state index in [4.69, 9.17) is 4.74 Å². The lowest BCUT2D eigenvalue weighted by Gasteiger charge is -2.31. The molecule has 8 nitrogen and oxygen atoms in total. The number of alkyl carbamates (subject to hydrolysis) is 1. The molecule has 2 rings (SSSR count). The zero-order valence-corrected chi connectivity index (χ0v) is 16.2. The molecule has 0 bridgehead atoms. The minimum Gasteiger partial charge on any atom is -0.444 e. The van der Waals surface area contributed by atoms with Crippen molar-refractivity contribution in [2.24, 2.45) is 5.92 Å². The molecule has 1 atom stereocenters. The van der Waals surface area contributed by atoms with E-state index in [1.54, 1.807) is 50.1 Å². The van der Waals surface area contributed by atoms with E-state index in [9.17, 15) is 14.4 Å². The molecule has 3 amide bonds. The van der Waals surface area contributed by atoms with E-state index < -0.39 is 11.7 Å². The summed E-state index contributed by atoms with van der Waals surface area (Å²) < 4.78 is 5.13. The van der Waals surface area contributed by atoms with Crippen molar-refractivity contribution < 1.29 is 19.1 Å². The molecule has 0 spiro atoms. The molecule has 1 aliphatic heterocycles. The number of hydrogen-bond donors (Lipinski definition) is 2. The smallest absolute Gasteiger partial charge is 0.407 e. The number of carbonyl (C=O) groups excluding carboxylic acids is 3. The summed E-state index contributed by atoms with van der Waals surface area (Å²) in [6.07, 6.45) is 2.57. The third-order valence-electron chi connectivity index (χ3n) is 4.06. The zero-order chi connectivity index (χ0) is 19.9. The van der Waals surface area contributed by atoms with Gasteiger partial charge in [0.05, 0.1) is 5.92 Å². The molecule has 1 aromatic rings. The van der Waals surface area contributed by atoms with E-state index >= 15 is 0 Å². The van der Waals surface area contributed by atoms with Gasteiger partial charge >= 0.3 is 6.09 Å². The van der Waals surface area contributed by atoms with Crippen LogP contribution in [0.2, 0.25) is 0 Å². The van der Waals surface area contributed by atoms with Crippen molar-refractivity contribution in [3.63, 3.8) is 0 Å². The van der Waals surface area contributed by atoms with Crippen LogP contribution in [0.15, 0.2) is 24.4 Å². The summed E-state index contributed by atoms with van der Waals surface area (Å²) in [7, 11) is 0. The minimum absolute atomic E-state index is 0.112. The lowest BCUT2D eigenvalue weighted by atomic mass is 9.97. The Morgan fingerprint density at radius 1 is 1.22 bits per heavy atom. The van der Waals surface area contributed by atoms with Gasteiger partial charge in [0.25, 0.3) is 5.91 Å². The third-order valence-corrected chi connectivity index (χ3v) is 4.06. The van der Waals surface area contributed by atoms with Crippen molar-refractivity contribution in [1.82, 2.24) is 20.5 Å². The van der Waals surface area contributed by atoms with Crippen LogP contribution in [-0.4, -0.2) is 59.6 Å². The van der Waals surface area contributed by atoms with Crippen molar-refractivity contribution >= 4 is 17.9 Å². The maximum Gasteiger partial charge on any atom is 0.407 e. The molecule has 1 fully saturated rings. The van der Waals surface area contributed by atoms with Crippen LogP contribution < -0.4 is 10.6 Å². The lowest BCUT2D eigenvalue weighted by Crippen LogP contribution is -2.46. The fraction of sp³-hybridized carbons (Fsp3) is 0.579. The highest BCUT2D eigenvalue weighted by Gasteiger charge is 2.29. The molecule has 27 heavy (non-hydrogen) atoms. The molecule has 1 saturated heterocycles. The number of ether oxygens (including phenoxy) is 1. The monoisotopic (exact) mass is 376 g/mol. The van der Waals surface area contributed by atoms with Crippen LogP contribution in [-0.2, 0) is 9.53 Å². The van der Waals surface area contributed by atoms with Crippen LogP contribution in [0.25, 0.3) is 0 Å². The Labute approximate surface area is 159 Å². The molecular weight excluding hydrogens is 348 g/mol. The van der Waals surface area contributed by atoms with E-state index in [0.29, 0.717) is 25.3 Å². The van der Waals surface area contributed by atoms with E-state index in [1.165, 1.54) is 0 Å². The summed E-state index contributed by atoms with van der Waals surface area (Å²) in [5.74, 6) is -0.521. The molecule has 2 N–H and O–H groups in total. The van der Waals surface area contributed by atoms with E-state index in [1.807, 2.05) is 0 Å². The molecule has 148 valence electrons. The topological polar surface area (TPSA) is 101 Å². The van der Waals surface area contributed by atoms with Gasteiger partial charge in [-0.05, 0) is 45.7 Å². The number of piperidine rings is 1. The number of hydrogen-bond acceptors (Lipinski definition) is 5. The van der Waals surface area contributed by atoms with Gasteiger partial charge in [-0.2, -0.15) is 0 Å². The largest absolute Gasteiger partial charge is 0.444 e. The molecule has 0 radical (unpaired) electrons. The standard InChI is InChI=1S/C19H28N4O4/c1-19(2,3)27-18(26)22-11-10-21-16(24)14-7-6-12-23(13-14)17(25)15-8-4-5-9-20-15/h4-5,8-9,14H,6-7,10-13H2,1-3H3,(H,21,24)(H,22,26)/t14-/m0/s1. The van der Waals surface area contributed by atoms with Gasteiger partial charge in [-0.15, -0.1) is 0 Å². The number of rotatable bonds is 5. The number of likely N-dealkylation sites (tertiary alicyclic amines) is 1. The van der Waals surface area contributed by atoms with Gasteiger partial charge in [0, 0.05) is 32.4 Å². The number of nitrogens with one attached hydrogen (secondary N) is 2. The second kappa shape index (κ2) is 9.34. The Balaban J connectivity index is 1.75. The van der Waals surface area contributed by atoms with Crippen molar-refractivity contribution in [1.29, 1.82) is 0 Å². The van der Waals surface area contributed by atoms with Crippen molar-refractivity contribution in [3.8, 4) is 0 Å². The first kappa shape index (κ1) is 20.7. The summed E-state index contributed by atoms with van der Waals surface area (Å²) in [6.45, 7) is 6.95. The van der Waals surface area contributed by atoms with Gasteiger partial charge in [-0.1, -0.05) is 6.07 Å². The van der Waals surface area contributed by atoms with Crippen LogP contribution >= 0.6 is 0 Å². The number of pyridine rings is 1. The molecule has 2 heterocycles. The second-order valence-corrected chi connectivity index (χ2v) is 7.52. The molecule has 1 aliphatic rings. The van der Waals surface area contributed by atoms with E-state index in [-0.39, 0.29) is 24.3 Å². The van der Waals surface area contributed by atoms with Crippen molar-refractivity contribution in [2.45, 2.75) is 39.2 Å². The SMILES string of the molecule is CC(C)(C)OC(=O)NCCNC(=O)[C@H]1CCCN(C(=O)c2ccccn2)C1. The van der Waals surface area contributed by atoms with Gasteiger partial charge in [0.2, 0.25) is 5.91 Å². The fourth-order valence-electron chi connectivity index (χ4n) is 2.84. The maximum atomic E-state index is 12.5. The first-order valence-corrected chi connectivity index (χ1v) is 9.21. The first-order valence-electron chi connectivity index (χ1n) is 9.21. The highest BCUT2D eigenvalue weighted by molar-refractivity contribution is 5.92. The van der Waals surface area contributed by atoms with Gasteiger partial charge in [0.1, 0.15) is 11.3 Å². The van der Waals surface area contributed by atoms with Gasteiger partial charge in [-0.3, -0.25) is 14.6 Å². The van der Waals surface area contributed by atoms with Gasteiger partial charge in [0.15, 0.2) is 0 Å². The lowest BCUT2D eigenvalue weighted by molar-refractivity contribution is -0.126. The van der Waals surface area contributed by atoms with E-state index in [2.05, 4.69) is 15.6 Å². The normalized spacial score (nSPS) is 17.1. The highest BCUT2D eigenvalue weighted by Crippen LogP contribution is 2.18. The van der Waals surface area contributed by atoms with Crippen molar-refractivity contribution in [2.75, 3.05) is 26.2 Å². The number of carbonyl (C=O) groups is 3. The second-order valence-electron chi connectivity index (χ2n) is 7.52. The van der Waals surface area contributed by atoms with Crippen LogP contribution in [0.5, 0.6) is 0 Å². The third kappa shape index (κ3) is 6.88. The summed E-state index contributed by atoms with van der Waals surface area (Å²) in [5.41, 5.74) is -0.168. The van der Waals surface area contributed by atoms with Crippen LogP contribution in [0, 0.1) is 5.92 Å². The van der Waals surface area contributed by atoms with Crippen molar-refractivity contribution in [3.05, 3.63) is 30.1 Å². The molecule has 8 heteroatoms. The molecule has 0 unspecified atom stereocenters. The molecule has 0 aliphatic carbocycles. The van der Waals surface area contributed by atoms with E-state index in [0.717, 1.165) is 12.8 Å². The summed E-state index contributed by atoms with van der Waals surface area (Å²) >= 11 is 0. The van der Waals surface area contributed by atoms with Crippen LogP contribution in [0.1, 0.15) is 44.1 Å². The fourth-order valence-corrected chi connectivity index (χ4v) is 2.84. The molecule has 1 aromatic heterocycles. The number of aromatic nitrogens is 1. The number of amides is 3. The summed E-state index contributed by atoms with van der Waals surface area (Å²) in [4.78, 5) is 42.2. The Kier molecular flexibility index (Phi) is 7.15. The zero-order valence-electron chi connectivity index (χ0n) is 16.2. The average Bonchev–Trinajstić information content (AvgIpc) is 2.64. The maximum absolute atomic E-state index is 12.5. The highest BCUT2D eigenvalue weighted by atomic mass is 16.6. The first-order chi connectivity index (χ1) is 12.8. The molecule has 0 aromatic carbocycles. The van der Waals surface area contributed by atoms with Gasteiger partial charge < -0.3 is 20.3 Å². The molecular formula is C19H28N4O4. The Morgan fingerprint density at radius 2 is 1.96 bits per heavy atom. The van der Waals surface area contributed by atoms with Gasteiger partial charge in [-0.25, -0.2) is 4.79 Å².